The summed E-state index contributed by atoms with van der Waals surface area (Å²) in [4.78, 5) is 21.0. The van der Waals surface area contributed by atoms with Crippen molar-refractivity contribution in [1.29, 1.82) is 0 Å². The maximum absolute atomic E-state index is 11.1. The number of carbonyl (C=O) groups is 1. The van der Waals surface area contributed by atoms with Gasteiger partial charge >= 0.3 is 5.97 Å². The molecule has 0 radical (unpaired) electrons. The Morgan fingerprint density at radius 2 is 1.72 bits per heavy atom. The highest BCUT2D eigenvalue weighted by Crippen LogP contribution is 2.29. The number of piperazine rings is 1. The second-order valence-corrected chi connectivity index (χ2v) is 7.36. The monoisotopic (exact) mass is 393 g/mol. The standard InChI is InChI=1S/C23H27N3O3/c1-28-22(27)17-29-15-14-25-10-12-26(13-11-25)23-20-8-4-2-6-18(20)16-19-7-3-5-9-21(19)24-23/h2-9H,10-17H2,1H3. The second kappa shape index (κ2) is 9.20. The van der Waals surface area contributed by atoms with Crippen molar-refractivity contribution in [3.05, 3.63) is 65.2 Å². The SMILES string of the molecule is COC(=O)COCCN1CCN(C2=Nc3ccccc3Cc3ccccc32)CC1. The van der Waals surface area contributed by atoms with E-state index >= 15 is 0 Å². The van der Waals surface area contributed by atoms with Crippen LogP contribution in [0.1, 0.15) is 16.7 Å². The molecule has 0 aliphatic carbocycles. The number of ether oxygens (including phenoxy) is 2. The number of fused-ring (bicyclic) bond motifs is 2. The highest BCUT2D eigenvalue weighted by molar-refractivity contribution is 6.02. The highest BCUT2D eigenvalue weighted by atomic mass is 16.6. The lowest BCUT2D eigenvalue weighted by Crippen LogP contribution is -2.49. The smallest absolute Gasteiger partial charge is 0.331 e. The first-order chi connectivity index (χ1) is 14.2. The van der Waals surface area contributed by atoms with Crippen LogP contribution in [0.25, 0.3) is 0 Å². The molecule has 2 aromatic carbocycles. The molecular weight excluding hydrogens is 366 g/mol. The quantitative estimate of drug-likeness (QED) is 0.577. The molecule has 1 saturated heterocycles. The Hall–Kier alpha value is -2.70. The molecule has 6 heteroatoms. The van der Waals surface area contributed by atoms with Gasteiger partial charge in [0.2, 0.25) is 0 Å². The van der Waals surface area contributed by atoms with Gasteiger partial charge in [-0.25, -0.2) is 9.79 Å². The lowest BCUT2D eigenvalue weighted by Gasteiger charge is -2.36. The number of hydrogen-bond donors (Lipinski definition) is 0. The average molecular weight is 393 g/mol. The van der Waals surface area contributed by atoms with Gasteiger partial charge in [-0.3, -0.25) is 4.90 Å². The molecule has 0 saturated carbocycles. The lowest BCUT2D eigenvalue weighted by atomic mass is 9.99. The van der Waals surface area contributed by atoms with E-state index < -0.39 is 0 Å². The van der Waals surface area contributed by atoms with Crippen molar-refractivity contribution in [1.82, 2.24) is 9.80 Å². The van der Waals surface area contributed by atoms with Gasteiger partial charge < -0.3 is 14.4 Å². The fourth-order valence-corrected chi connectivity index (χ4v) is 3.87. The number of benzene rings is 2. The number of methoxy groups -OCH3 is 1. The molecule has 0 spiro atoms. The number of carbonyl (C=O) groups excluding carboxylic acids is 1. The molecule has 2 heterocycles. The van der Waals surface area contributed by atoms with Crippen LogP contribution in [0.3, 0.4) is 0 Å². The number of amidine groups is 1. The van der Waals surface area contributed by atoms with Gasteiger partial charge in [0.25, 0.3) is 0 Å². The van der Waals surface area contributed by atoms with Crippen molar-refractivity contribution < 1.29 is 14.3 Å². The number of hydrogen-bond acceptors (Lipinski definition) is 6. The van der Waals surface area contributed by atoms with Gasteiger partial charge in [-0.2, -0.15) is 0 Å². The van der Waals surface area contributed by atoms with E-state index in [4.69, 9.17) is 9.73 Å². The van der Waals surface area contributed by atoms with E-state index in [-0.39, 0.29) is 12.6 Å². The van der Waals surface area contributed by atoms with Crippen LogP contribution in [0.15, 0.2) is 53.5 Å². The summed E-state index contributed by atoms with van der Waals surface area (Å²) in [5, 5.41) is 0. The van der Waals surface area contributed by atoms with Crippen LogP contribution in [-0.2, 0) is 20.7 Å². The van der Waals surface area contributed by atoms with Crippen LogP contribution in [0.4, 0.5) is 5.69 Å². The molecule has 2 aliphatic heterocycles. The van der Waals surface area contributed by atoms with Gasteiger partial charge in [0.15, 0.2) is 0 Å². The topological polar surface area (TPSA) is 54.4 Å². The first-order valence-corrected chi connectivity index (χ1v) is 10.1. The third kappa shape index (κ3) is 4.66. The maximum atomic E-state index is 11.1. The van der Waals surface area contributed by atoms with Crippen molar-refractivity contribution >= 4 is 17.5 Å². The first kappa shape index (κ1) is 19.6. The van der Waals surface area contributed by atoms with E-state index in [0.717, 1.165) is 50.7 Å². The van der Waals surface area contributed by atoms with Crippen LogP contribution < -0.4 is 0 Å². The number of rotatable bonds is 5. The molecule has 0 N–H and O–H groups in total. The van der Waals surface area contributed by atoms with Crippen molar-refractivity contribution in [2.24, 2.45) is 4.99 Å². The van der Waals surface area contributed by atoms with E-state index in [2.05, 4.69) is 63.1 Å². The molecule has 29 heavy (non-hydrogen) atoms. The molecule has 0 aromatic heterocycles. The average Bonchev–Trinajstić information content (AvgIpc) is 2.93. The molecular formula is C23H27N3O3. The molecule has 152 valence electrons. The van der Waals surface area contributed by atoms with Crippen molar-refractivity contribution in [2.75, 3.05) is 53.0 Å². The lowest BCUT2D eigenvalue weighted by molar-refractivity contribution is -0.146. The van der Waals surface area contributed by atoms with Crippen LogP contribution >= 0.6 is 0 Å². The Kier molecular flexibility index (Phi) is 6.22. The molecule has 0 atom stereocenters. The summed E-state index contributed by atoms with van der Waals surface area (Å²) in [5.74, 6) is 0.743. The summed E-state index contributed by atoms with van der Waals surface area (Å²) < 4.78 is 9.97. The molecule has 2 aromatic rings. The summed E-state index contributed by atoms with van der Waals surface area (Å²) in [6.07, 6.45) is 0.914. The summed E-state index contributed by atoms with van der Waals surface area (Å²) in [5.41, 5.74) is 4.90. The number of aliphatic imine (C=N–C) groups is 1. The zero-order valence-electron chi connectivity index (χ0n) is 16.8. The molecule has 0 bridgehead atoms. The van der Waals surface area contributed by atoms with Crippen molar-refractivity contribution in [2.45, 2.75) is 6.42 Å². The van der Waals surface area contributed by atoms with E-state index in [0.29, 0.717) is 6.61 Å². The minimum atomic E-state index is -0.333. The fraction of sp³-hybridized carbons (Fsp3) is 0.391. The summed E-state index contributed by atoms with van der Waals surface area (Å²) in [6.45, 7) is 5.11. The predicted molar refractivity (Wildman–Crippen MR) is 113 cm³/mol. The third-order valence-corrected chi connectivity index (χ3v) is 5.53. The molecule has 6 nitrogen and oxygen atoms in total. The zero-order valence-corrected chi connectivity index (χ0v) is 16.8. The highest BCUT2D eigenvalue weighted by Gasteiger charge is 2.24. The number of nitrogens with zero attached hydrogens (tertiary/aromatic N) is 3. The molecule has 0 unspecified atom stereocenters. The van der Waals surface area contributed by atoms with Gasteiger partial charge in [0.1, 0.15) is 12.4 Å². The zero-order chi connectivity index (χ0) is 20.1. The largest absolute Gasteiger partial charge is 0.467 e. The Bertz CT molecular complexity index is 888. The number of para-hydroxylation sites is 1. The number of esters is 1. The summed E-state index contributed by atoms with van der Waals surface area (Å²) in [7, 11) is 1.37. The van der Waals surface area contributed by atoms with E-state index in [1.54, 1.807) is 0 Å². The van der Waals surface area contributed by atoms with Crippen molar-refractivity contribution in [3.63, 3.8) is 0 Å². The summed E-state index contributed by atoms with van der Waals surface area (Å²) in [6, 6.07) is 17.0. The Balaban J connectivity index is 1.42. The minimum absolute atomic E-state index is 0.0173. The van der Waals surface area contributed by atoms with E-state index in [9.17, 15) is 4.79 Å². The Morgan fingerprint density at radius 3 is 2.52 bits per heavy atom. The van der Waals surface area contributed by atoms with Gasteiger partial charge in [-0.1, -0.05) is 42.5 Å². The molecule has 1 fully saturated rings. The molecule has 4 rings (SSSR count). The van der Waals surface area contributed by atoms with Gasteiger partial charge in [-0.15, -0.1) is 0 Å². The first-order valence-electron chi connectivity index (χ1n) is 10.1. The van der Waals surface area contributed by atoms with Crippen LogP contribution in [0.5, 0.6) is 0 Å². The van der Waals surface area contributed by atoms with Gasteiger partial charge in [-0.05, 0) is 17.2 Å². The molecule has 0 amide bonds. The Morgan fingerprint density at radius 1 is 1.00 bits per heavy atom. The Labute approximate surface area is 171 Å². The predicted octanol–water partition coefficient (Wildman–Crippen LogP) is 2.48. The molecule has 2 aliphatic rings. The second-order valence-electron chi connectivity index (χ2n) is 7.36. The van der Waals surface area contributed by atoms with E-state index in [1.807, 2.05) is 0 Å². The summed E-state index contributed by atoms with van der Waals surface area (Å²) >= 11 is 0. The van der Waals surface area contributed by atoms with Gasteiger partial charge in [0, 0.05) is 44.7 Å². The minimum Gasteiger partial charge on any atom is -0.467 e. The third-order valence-electron chi connectivity index (χ3n) is 5.53. The normalized spacial score (nSPS) is 16.4. The van der Waals surface area contributed by atoms with Crippen LogP contribution in [0, 0.1) is 0 Å². The van der Waals surface area contributed by atoms with Gasteiger partial charge in [0.05, 0.1) is 19.4 Å². The van der Waals surface area contributed by atoms with E-state index in [1.165, 1.54) is 23.8 Å². The van der Waals surface area contributed by atoms with Crippen LogP contribution in [0.2, 0.25) is 0 Å². The van der Waals surface area contributed by atoms with Crippen molar-refractivity contribution in [3.8, 4) is 0 Å². The fourth-order valence-electron chi connectivity index (χ4n) is 3.87. The van der Waals surface area contributed by atoms with Crippen LogP contribution in [-0.4, -0.2) is 74.7 Å². The maximum Gasteiger partial charge on any atom is 0.331 e.